The van der Waals surface area contributed by atoms with Gasteiger partial charge in [-0.1, -0.05) is 18.2 Å². The Morgan fingerprint density at radius 3 is 2.90 bits per heavy atom. The fraction of sp³-hybridized carbons (Fsp3) is 0.214. The number of methoxy groups -OCH3 is 1. The molecule has 0 saturated heterocycles. The third-order valence-corrected chi connectivity index (χ3v) is 2.94. The third kappa shape index (κ3) is 4.17. The molecular formula is C14H16N4OS. The molecule has 2 aromatic rings. The summed E-state index contributed by atoms with van der Waals surface area (Å²) in [7, 11) is 1.67. The van der Waals surface area contributed by atoms with Crippen LogP contribution in [0.3, 0.4) is 0 Å². The lowest BCUT2D eigenvalue weighted by molar-refractivity contribution is 0.409. The van der Waals surface area contributed by atoms with Gasteiger partial charge in [-0.15, -0.1) is 0 Å². The largest absolute Gasteiger partial charge is 0.496 e. The van der Waals surface area contributed by atoms with E-state index in [1.54, 1.807) is 19.4 Å². The number of rotatable bonds is 5. The third-order valence-electron chi connectivity index (χ3n) is 2.70. The fourth-order valence-electron chi connectivity index (χ4n) is 1.75. The highest BCUT2D eigenvalue weighted by Crippen LogP contribution is 2.17. The molecule has 0 aliphatic carbocycles. The lowest BCUT2D eigenvalue weighted by Gasteiger charge is -2.11. The molecule has 2 N–H and O–H groups in total. The van der Waals surface area contributed by atoms with Crippen LogP contribution in [0.4, 0.5) is 5.82 Å². The minimum absolute atomic E-state index is 0.540. The summed E-state index contributed by atoms with van der Waals surface area (Å²) in [5.41, 5.74) is 1.15. The number of nitrogens with one attached hydrogen (secondary N) is 2. The maximum absolute atomic E-state index is 5.31. The minimum Gasteiger partial charge on any atom is -0.496 e. The Hall–Kier alpha value is -2.21. The average Bonchev–Trinajstić information content (AvgIpc) is 2.49. The molecule has 0 aliphatic rings. The van der Waals surface area contributed by atoms with E-state index in [1.807, 2.05) is 24.3 Å². The van der Waals surface area contributed by atoms with Gasteiger partial charge >= 0.3 is 0 Å². The molecule has 1 heterocycles. The first-order chi connectivity index (χ1) is 9.79. The average molecular weight is 288 g/mol. The summed E-state index contributed by atoms with van der Waals surface area (Å²) in [4.78, 5) is 7.89. The molecule has 104 valence electrons. The van der Waals surface area contributed by atoms with E-state index in [-0.39, 0.29) is 0 Å². The molecule has 20 heavy (non-hydrogen) atoms. The van der Waals surface area contributed by atoms with Crippen molar-refractivity contribution in [2.45, 2.75) is 6.42 Å². The Kier molecular flexibility index (Phi) is 5.25. The van der Waals surface area contributed by atoms with Crippen molar-refractivity contribution < 1.29 is 4.74 Å². The number of hydrogen-bond acceptors (Lipinski definition) is 4. The second-order valence-corrected chi connectivity index (χ2v) is 4.45. The molecular weight excluding hydrogens is 272 g/mol. The summed E-state index contributed by atoms with van der Waals surface area (Å²) in [6.45, 7) is 0.720. The number of nitrogens with zero attached hydrogens (tertiary/aromatic N) is 2. The molecule has 0 unspecified atom stereocenters. The Morgan fingerprint density at radius 2 is 2.15 bits per heavy atom. The molecule has 1 aromatic heterocycles. The van der Waals surface area contributed by atoms with Crippen molar-refractivity contribution in [2.75, 3.05) is 19.0 Å². The van der Waals surface area contributed by atoms with Crippen LogP contribution in [-0.2, 0) is 6.42 Å². The molecule has 1 aromatic carbocycles. The van der Waals surface area contributed by atoms with Crippen molar-refractivity contribution in [2.24, 2.45) is 0 Å². The van der Waals surface area contributed by atoms with E-state index in [1.165, 1.54) is 6.33 Å². The Morgan fingerprint density at radius 1 is 1.30 bits per heavy atom. The molecule has 0 radical (unpaired) electrons. The molecule has 0 fully saturated rings. The number of thiocarbonyl (C=S) groups is 1. The number of anilines is 1. The van der Waals surface area contributed by atoms with Crippen LogP contribution in [0.2, 0.25) is 0 Å². The van der Waals surface area contributed by atoms with E-state index in [0.717, 1.165) is 24.3 Å². The molecule has 0 atom stereocenters. The van der Waals surface area contributed by atoms with Crippen molar-refractivity contribution in [1.82, 2.24) is 15.3 Å². The van der Waals surface area contributed by atoms with Gasteiger partial charge in [0.1, 0.15) is 17.9 Å². The van der Waals surface area contributed by atoms with Gasteiger partial charge in [-0.3, -0.25) is 0 Å². The van der Waals surface area contributed by atoms with Gasteiger partial charge in [-0.2, -0.15) is 0 Å². The van der Waals surface area contributed by atoms with Gasteiger partial charge in [-0.25, -0.2) is 9.97 Å². The Bertz CT molecular complexity index is 562. The zero-order chi connectivity index (χ0) is 14.2. The van der Waals surface area contributed by atoms with Crippen LogP contribution >= 0.6 is 12.2 Å². The summed E-state index contributed by atoms with van der Waals surface area (Å²) in [5.74, 6) is 1.57. The second-order valence-electron chi connectivity index (χ2n) is 4.04. The lowest BCUT2D eigenvalue weighted by Crippen LogP contribution is -2.30. The quantitative estimate of drug-likeness (QED) is 0.821. The van der Waals surface area contributed by atoms with Crippen LogP contribution in [0, 0.1) is 0 Å². The molecule has 0 aliphatic heterocycles. The standard InChI is InChI=1S/C14H16N4OS/c1-19-12-5-3-2-4-11(12)6-9-16-14(20)18-13-7-8-15-10-17-13/h2-5,7-8,10H,6,9H2,1H3,(H2,15,16,17,18,20). The fourth-order valence-corrected chi connectivity index (χ4v) is 1.95. The van der Waals surface area contributed by atoms with Gasteiger partial charge < -0.3 is 15.4 Å². The van der Waals surface area contributed by atoms with Gasteiger partial charge in [0, 0.05) is 12.7 Å². The van der Waals surface area contributed by atoms with E-state index in [4.69, 9.17) is 17.0 Å². The normalized spacial score (nSPS) is 9.85. The Labute approximate surface area is 123 Å². The summed E-state index contributed by atoms with van der Waals surface area (Å²) in [6.07, 6.45) is 3.96. The summed E-state index contributed by atoms with van der Waals surface area (Å²) in [5, 5.41) is 6.67. The highest BCUT2D eigenvalue weighted by molar-refractivity contribution is 7.80. The van der Waals surface area contributed by atoms with Gasteiger partial charge in [0.2, 0.25) is 0 Å². The number of para-hydroxylation sites is 1. The van der Waals surface area contributed by atoms with Gasteiger partial charge in [0.25, 0.3) is 0 Å². The van der Waals surface area contributed by atoms with E-state index < -0.39 is 0 Å². The van der Waals surface area contributed by atoms with Crippen molar-refractivity contribution in [1.29, 1.82) is 0 Å². The summed E-state index contributed by atoms with van der Waals surface area (Å²) in [6, 6.07) is 9.70. The maximum atomic E-state index is 5.31. The number of hydrogen-bond donors (Lipinski definition) is 2. The molecule has 0 spiro atoms. The number of benzene rings is 1. The van der Waals surface area contributed by atoms with Gasteiger partial charge in [0.15, 0.2) is 5.11 Å². The van der Waals surface area contributed by atoms with Crippen molar-refractivity contribution in [3.63, 3.8) is 0 Å². The van der Waals surface area contributed by atoms with Crippen LogP contribution in [0.25, 0.3) is 0 Å². The maximum Gasteiger partial charge on any atom is 0.171 e. The molecule has 2 rings (SSSR count). The van der Waals surface area contributed by atoms with E-state index in [0.29, 0.717) is 10.9 Å². The smallest absolute Gasteiger partial charge is 0.171 e. The van der Waals surface area contributed by atoms with Gasteiger partial charge in [0.05, 0.1) is 7.11 Å². The highest BCUT2D eigenvalue weighted by atomic mass is 32.1. The Balaban J connectivity index is 1.79. The SMILES string of the molecule is COc1ccccc1CCNC(=S)Nc1ccncn1. The summed E-state index contributed by atoms with van der Waals surface area (Å²) < 4.78 is 5.31. The first-order valence-corrected chi connectivity index (χ1v) is 6.63. The lowest BCUT2D eigenvalue weighted by atomic mass is 10.1. The molecule has 0 bridgehead atoms. The second kappa shape index (κ2) is 7.40. The van der Waals surface area contributed by atoms with Crippen LogP contribution in [0.5, 0.6) is 5.75 Å². The van der Waals surface area contributed by atoms with E-state index in [9.17, 15) is 0 Å². The van der Waals surface area contributed by atoms with Crippen molar-refractivity contribution >= 4 is 23.1 Å². The first kappa shape index (κ1) is 14.2. The predicted octanol–water partition coefficient (Wildman–Crippen LogP) is 2.01. The molecule has 6 heteroatoms. The first-order valence-electron chi connectivity index (χ1n) is 6.22. The number of aromatic nitrogens is 2. The zero-order valence-electron chi connectivity index (χ0n) is 11.2. The predicted molar refractivity (Wildman–Crippen MR) is 83.0 cm³/mol. The van der Waals surface area contributed by atoms with Crippen molar-refractivity contribution in [3.8, 4) is 5.75 Å². The van der Waals surface area contributed by atoms with Gasteiger partial charge in [-0.05, 0) is 36.3 Å². The van der Waals surface area contributed by atoms with Crippen LogP contribution in [0.15, 0.2) is 42.9 Å². The highest BCUT2D eigenvalue weighted by Gasteiger charge is 2.02. The summed E-state index contributed by atoms with van der Waals surface area (Å²) >= 11 is 5.20. The van der Waals surface area contributed by atoms with E-state index >= 15 is 0 Å². The monoisotopic (exact) mass is 288 g/mol. The van der Waals surface area contributed by atoms with E-state index in [2.05, 4.69) is 20.6 Å². The molecule has 0 saturated carbocycles. The zero-order valence-corrected chi connectivity index (χ0v) is 12.0. The van der Waals surface area contributed by atoms with Crippen LogP contribution < -0.4 is 15.4 Å². The van der Waals surface area contributed by atoms with Crippen LogP contribution in [-0.4, -0.2) is 28.7 Å². The topological polar surface area (TPSA) is 59.1 Å². The number of ether oxygens (including phenoxy) is 1. The van der Waals surface area contributed by atoms with Crippen LogP contribution in [0.1, 0.15) is 5.56 Å². The van der Waals surface area contributed by atoms with Crippen molar-refractivity contribution in [3.05, 3.63) is 48.4 Å². The molecule has 0 amide bonds. The minimum atomic E-state index is 0.540. The molecule has 5 nitrogen and oxygen atoms in total.